The van der Waals surface area contributed by atoms with Crippen molar-refractivity contribution < 1.29 is 4.74 Å². The van der Waals surface area contributed by atoms with Crippen LogP contribution in [0.15, 0.2) is 10.5 Å². The van der Waals surface area contributed by atoms with Crippen molar-refractivity contribution in [1.29, 1.82) is 0 Å². The molecule has 0 amide bonds. The number of nitrogens with two attached hydrogens (primary N) is 1. The Kier molecular flexibility index (Phi) is 2.20. The van der Waals surface area contributed by atoms with Gasteiger partial charge in [0, 0.05) is 16.5 Å². The van der Waals surface area contributed by atoms with E-state index in [0.29, 0.717) is 10.7 Å². The van der Waals surface area contributed by atoms with Crippen LogP contribution in [-0.2, 0) is 6.42 Å². The van der Waals surface area contributed by atoms with Gasteiger partial charge in [0.1, 0.15) is 11.4 Å². The smallest absolute Gasteiger partial charge is 0.149 e. The van der Waals surface area contributed by atoms with Crippen molar-refractivity contribution in [3.63, 3.8) is 0 Å². The number of benzene rings is 1. The van der Waals surface area contributed by atoms with Gasteiger partial charge in [-0.05, 0) is 19.9 Å². The lowest BCUT2D eigenvalue weighted by molar-refractivity contribution is 0.139. The first kappa shape index (κ1) is 10.1. The van der Waals surface area contributed by atoms with Crippen molar-refractivity contribution in [2.75, 3.05) is 5.73 Å². The van der Waals surface area contributed by atoms with Crippen molar-refractivity contribution in [2.24, 2.45) is 0 Å². The molecule has 2 nitrogen and oxygen atoms in total. The summed E-state index contributed by atoms with van der Waals surface area (Å²) in [6, 6.07) is 1.82. The maximum absolute atomic E-state index is 5.96. The zero-order chi connectivity index (χ0) is 10.5. The number of hydrogen-bond donors (Lipinski definition) is 1. The van der Waals surface area contributed by atoms with Crippen LogP contribution in [0.4, 0.5) is 5.69 Å². The maximum Gasteiger partial charge on any atom is 0.149 e. The average molecular weight is 277 g/mol. The molecule has 14 heavy (non-hydrogen) atoms. The topological polar surface area (TPSA) is 35.2 Å². The minimum Gasteiger partial charge on any atom is -0.485 e. The van der Waals surface area contributed by atoms with Crippen molar-refractivity contribution in [3.8, 4) is 5.75 Å². The lowest BCUT2D eigenvalue weighted by atomic mass is 10.0. The molecule has 0 atom stereocenters. The molecule has 0 saturated heterocycles. The minimum absolute atomic E-state index is 0.191. The van der Waals surface area contributed by atoms with Gasteiger partial charge in [-0.3, -0.25) is 0 Å². The predicted molar refractivity (Wildman–Crippen MR) is 62.0 cm³/mol. The number of hydrogen-bond acceptors (Lipinski definition) is 2. The summed E-state index contributed by atoms with van der Waals surface area (Å²) in [6.07, 6.45) is 0.851. The molecule has 2 rings (SSSR count). The number of ether oxygens (including phenoxy) is 1. The quantitative estimate of drug-likeness (QED) is 0.737. The van der Waals surface area contributed by atoms with Crippen LogP contribution >= 0.6 is 27.5 Å². The molecule has 0 unspecified atom stereocenters. The summed E-state index contributed by atoms with van der Waals surface area (Å²) in [4.78, 5) is 0. The zero-order valence-corrected chi connectivity index (χ0v) is 10.4. The molecule has 1 heterocycles. The lowest BCUT2D eigenvalue weighted by Crippen LogP contribution is -2.24. The SMILES string of the molecule is CC1(C)Cc2c(Br)cc(Cl)c(N)c2O1. The Labute approximate surface area is 96.5 Å². The fourth-order valence-corrected chi connectivity index (χ4v) is 2.55. The Morgan fingerprint density at radius 3 is 2.86 bits per heavy atom. The van der Waals surface area contributed by atoms with Crippen LogP contribution in [0.3, 0.4) is 0 Å². The van der Waals surface area contributed by atoms with E-state index in [0.717, 1.165) is 22.2 Å². The normalized spacial score (nSPS) is 17.7. The maximum atomic E-state index is 5.96. The van der Waals surface area contributed by atoms with E-state index in [2.05, 4.69) is 15.9 Å². The van der Waals surface area contributed by atoms with Gasteiger partial charge in [0.05, 0.1) is 10.7 Å². The minimum atomic E-state index is -0.191. The van der Waals surface area contributed by atoms with E-state index < -0.39 is 0 Å². The van der Waals surface area contributed by atoms with E-state index in [1.165, 1.54) is 0 Å². The van der Waals surface area contributed by atoms with Crippen LogP contribution in [0, 0.1) is 0 Å². The van der Waals surface area contributed by atoms with E-state index >= 15 is 0 Å². The molecule has 4 heteroatoms. The van der Waals surface area contributed by atoms with Crippen LogP contribution < -0.4 is 10.5 Å². The molecule has 0 radical (unpaired) electrons. The molecule has 1 aromatic carbocycles. The van der Waals surface area contributed by atoms with Gasteiger partial charge >= 0.3 is 0 Å². The number of nitrogen functional groups attached to an aromatic ring is 1. The van der Waals surface area contributed by atoms with Crippen molar-refractivity contribution >= 4 is 33.2 Å². The molecule has 2 N–H and O–H groups in total. The highest BCUT2D eigenvalue weighted by Crippen LogP contribution is 2.46. The van der Waals surface area contributed by atoms with Gasteiger partial charge in [-0.1, -0.05) is 27.5 Å². The lowest BCUT2D eigenvalue weighted by Gasteiger charge is -2.17. The van der Waals surface area contributed by atoms with Gasteiger partial charge in [0.25, 0.3) is 0 Å². The van der Waals surface area contributed by atoms with Crippen LogP contribution in [0.5, 0.6) is 5.75 Å². The van der Waals surface area contributed by atoms with E-state index in [-0.39, 0.29) is 5.60 Å². The first-order valence-corrected chi connectivity index (χ1v) is 5.53. The molecule has 1 aliphatic rings. The summed E-state index contributed by atoms with van der Waals surface area (Å²) in [7, 11) is 0. The van der Waals surface area contributed by atoms with Gasteiger partial charge in [0.2, 0.25) is 0 Å². The average Bonchev–Trinajstić information content (AvgIpc) is 2.38. The summed E-state index contributed by atoms with van der Waals surface area (Å²) in [6.45, 7) is 4.07. The Hall–Kier alpha value is -0.410. The van der Waals surface area contributed by atoms with Crippen molar-refractivity contribution in [1.82, 2.24) is 0 Å². The second kappa shape index (κ2) is 3.04. The van der Waals surface area contributed by atoms with Gasteiger partial charge in [-0.25, -0.2) is 0 Å². The molecule has 0 aromatic heterocycles. The van der Waals surface area contributed by atoms with Crippen LogP contribution in [0.1, 0.15) is 19.4 Å². The standard InChI is InChI=1S/C10H11BrClNO/c1-10(2)4-5-6(11)3-7(12)8(13)9(5)14-10/h3H,4,13H2,1-2H3. The van der Waals surface area contributed by atoms with E-state index in [4.69, 9.17) is 22.1 Å². The number of fused-ring (bicyclic) bond motifs is 1. The van der Waals surface area contributed by atoms with Crippen LogP contribution in [0.25, 0.3) is 0 Å². The first-order valence-electron chi connectivity index (χ1n) is 4.36. The monoisotopic (exact) mass is 275 g/mol. The van der Waals surface area contributed by atoms with Gasteiger partial charge in [0.15, 0.2) is 0 Å². The molecule has 0 spiro atoms. The molecule has 0 fully saturated rings. The molecule has 1 aromatic rings. The third-order valence-electron chi connectivity index (χ3n) is 2.30. The van der Waals surface area contributed by atoms with Gasteiger partial charge < -0.3 is 10.5 Å². The number of halogens is 2. The Morgan fingerprint density at radius 2 is 2.21 bits per heavy atom. The molecule has 0 saturated carbocycles. The third-order valence-corrected chi connectivity index (χ3v) is 3.32. The first-order chi connectivity index (χ1) is 6.41. The van der Waals surface area contributed by atoms with E-state index in [1.807, 2.05) is 19.9 Å². The fraction of sp³-hybridized carbons (Fsp3) is 0.400. The number of anilines is 1. The predicted octanol–water partition coefficient (Wildman–Crippen LogP) is 3.40. The molecule has 1 aliphatic heterocycles. The van der Waals surface area contributed by atoms with Crippen molar-refractivity contribution in [2.45, 2.75) is 25.9 Å². The summed E-state index contributed by atoms with van der Waals surface area (Å²) in [5, 5.41) is 0.535. The third kappa shape index (κ3) is 1.48. The zero-order valence-electron chi connectivity index (χ0n) is 8.03. The molecule has 0 aliphatic carbocycles. The second-order valence-corrected chi connectivity index (χ2v) is 5.36. The summed E-state index contributed by atoms with van der Waals surface area (Å²) >= 11 is 9.42. The summed E-state index contributed by atoms with van der Waals surface area (Å²) < 4.78 is 6.72. The Morgan fingerprint density at radius 1 is 1.57 bits per heavy atom. The summed E-state index contributed by atoms with van der Waals surface area (Å²) in [5.41, 5.74) is 7.30. The van der Waals surface area contributed by atoms with Gasteiger partial charge in [-0.2, -0.15) is 0 Å². The molecular weight excluding hydrogens is 265 g/mol. The van der Waals surface area contributed by atoms with E-state index in [1.54, 1.807) is 0 Å². The molecule has 0 bridgehead atoms. The second-order valence-electron chi connectivity index (χ2n) is 4.10. The largest absolute Gasteiger partial charge is 0.485 e. The Balaban J connectivity index is 2.61. The van der Waals surface area contributed by atoms with Gasteiger partial charge in [-0.15, -0.1) is 0 Å². The highest BCUT2D eigenvalue weighted by atomic mass is 79.9. The number of rotatable bonds is 0. The highest BCUT2D eigenvalue weighted by molar-refractivity contribution is 9.10. The highest BCUT2D eigenvalue weighted by Gasteiger charge is 2.33. The van der Waals surface area contributed by atoms with Crippen molar-refractivity contribution in [3.05, 3.63) is 21.1 Å². The van der Waals surface area contributed by atoms with Crippen LogP contribution in [-0.4, -0.2) is 5.60 Å². The summed E-state index contributed by atoms with van der Waals surface area (Å²) in [5.74, 6) is 0.731. The fourth-order valence-electron chi connectivity index (χ4n) is 1.67. The molecular formula is C10H11BrClNO. The van der Waals surface area contributed by atoms with E-state index in [9.17, 15) is 0 Å². The van der Waals surface area contributed by atoms with Crippen LogP contribution in [0.2, 0.25) is 5.02 Å². The Bertz CT molecular complexity index is 404. The molecule has 76 valence electrons.